The second-order valence-electron chi connectivity index (χ2n) is 10.2. The summed E-state index contributed by atoms with van der Waals surface area (Å²) in [6.45, 7) is 10.6. The van der Waals surface area contributed by atoms with Gasteiger partial charge in [0, 0.05) is 72.4 Å². The summed E-state index contributed by atoms with van der Waals surface area (Å²) in [5, 5.41) is 3.53. The average Bonchev–Trinajstić information content (AvgIpc) is 3.57. The number of rotatable bonds is 6. The van der Waals surface area contributed by atoms with Crippen LogP contribution in [0.3, 0.4) is 0 Å². The molecular weight excluding hydrogens is 523 g/mol. The molecule has 1 saturated carbocycles. The zero-order valence-corrected chi connectivity index (χ0v) is 22.9. The van der Waals surface area contributed by atoms with Crippen LogP contribution in [0.1, 0.15) is 59.3 Å². The molecule has 2 saturated heterocycles. The first-order valence-corrected chi connectivity index (χ1v) is 11.8. The molecule has 0 unspecified atom stereocenters. The Kier molecular flexibility index (Phi) is 10.3. The van der Waals surface area contributed by atoms with E-state index in [1.807, 2.05) is 32.7 Å². The van der Waals surface area contributed by atoms with Crippen LogP contribution in [0.15, 0.2) is 4.99 Å². The number of aliphatic imine (C=N–C) groups is 1. The monoisotopic (exact) mass is 566 g/mol. The molecule has 1 aliphatic carbocycles. The smallest absolute Gasteiger partial charge is 0.410 e. The number of nitrogens with one attached hydrogen (secondary N) is 1. The molecule has 1 N–H and O–H groups in total. The fourth-order valence-electron chi connectivity index (χ4n) is 4.43. The maximum atomic E-state index is 12.9. The quantitative estimate of drug-likeness (QED) is 0.302. The molecule has 1 amide bonds. The molecule has 186 valence electrons. The Hall–Kier alpha value is -0.810. The van der Waals surface area contributed by atoms with Gasteiger partial charge in [0.1, 0.15) is 5.60 Å². The van der Waals surface area contributed by atoms with E-state index in [1.54, 1.807) is 7.11 Å². The normalized spacial score (nSPS) is 22.2. The van der Waals surface area contributed by atoms with Gasteiger partial charge < -0.3 is 29.3 Å². The minimum absolute atomic E-state index is 0. The van der Waals surface area contributed by atoms with E-state index in [2.05, 4.69) is 15.2 Å². The molecule has 3 aliphatic rings. The van der Waals surface area contributed by atoms with E-state index in [0.717, 1.165) is 71.0 Å². The van der Waals surface area contributed by atoms with Crippen molar-refractivity contribution in [2.24, 2.45) is 10.9 Å². The summed E-state index contributed by atoms with van der Waals surface area (Å²) < 4.78 is 17.1. The minimum Gasteiger partial charge on any atom is -0.444 e. The van der Waals surface area contributed by atoms with Crippen molar-refractivity contribution < 1.29 is 19.0 Å². The van der Waals surface area contributed by atoms with Gasteiger partial charge in [-0.1, -0.05) is 0 Å². The Bertz CT molecular complexity index is 622. The fourth-order valence-corrected chi connectivity index (χ4v) is 4.43. The number of halogens is 1. The molecule has 0 atom stereocenters. The summed E-state index contributed by atoms with van der Waals surface area (Å²) >= 11 is 0. The molecule has 0 aromatic carbocycles. The third-order valence-electron chi connectivity index (χ3n) is 6.60. The molecule has 32 heavy (non-hydrogen) atoms. The summed E-state index contributed by atoms with van der Waals surface area (Å²) in [7, 11) is 3.62. The topological polar surface area (TPSA) is 75.6 Å². The van der Waals surface area contributed by atoms with Gasteiger partial charge >= 0.3 is 6.09 Å². The first-order valence-electron chi connectivity index (χ1n) is 11.8. The SMILES string of the molecule is CN=C(NCC1(OC)CCOCC1)N1CCC(N(CC2CC2)C(=O)OC(C)(C)C)CC1.I. The van der Waals surface area contributed by atoms with Crippen LogP contribution in [0.5, 0.6) is 0 Å². The van der Waals surface area contributed by atoms with E-state index in [1.165, 1.54) is 12.8 Å². The molecular formula is C23H43IN4O4. The van der Waals surface area contributed by atoms with Crippen LogP contribution in [0.25, 0.3) is 0 Å². The third kappa shape index (κ3) is 7.90. The highest BCUT2D eigenvalue weighted by molar-refractivity contribution is 14.0. The number of guanidine groups is 1. The Morgan fingerprint density at radius 3 is 2.31 bits per heavy atom. The van der Waals surface area contributed by atoms with Crippen molar-refractivity contribution in [1.29, 1.82) is 0 Å². The molecule has 0 spiro atoms. The summed E-state index contributed by atoms with van der Waals surface area (Å²) in [6, 6.07) is 0.227. The highest BCUT2D eigenvalue weighted by Crippen LogP contribution is 2.32. The van der Waals surface area contributed by atoms with Crippen molar-refractivity contribution in [3.8, 4) is 0 Å². The lowest BCUT2D eigenvalue weighted by Crippen LogP contribution is -2.55. The Labute approximate surface area is 210 Å². The number of nitrogens with zero attached hydrogens (tertiary/aromatic N) is 3. The van der Waals surface area contributed by atoms with Gasteiger partial charge in [0.15, 0.2) is 5.96 Å². The second kappa shape index (κ2) is 12.1. The van der Waals surface area contributed by atoms with Gasteiger partial charge in [0.25, 0.3) is 0 Å². The van der Waals surface area contributed by atoms with Crippen molar-refractivity contribution in [1.82, 2.24) is 15.1 Å². The Morgan fingerprint density at radius 1 is 1.19 bits per heavy atom. The van der Waals surface area contributed by atoms with E-state index < -0.39 is 5.60 Å². The first kappa shape index (κ1) is 27.4. The Morgan fingerprint density at radius 2 is 1.81 bits per heavy atom. The third-order valence-corrected chi connectivity index (χ3v) is 6.60. The van der Waals surface area contributed by atoms with Crippen molar-refractivity contribution in [3.63, 3.8) is 0 Å². The van der Waals surface area contributed by atoms with Crippen LogP contribution in [0, 0.1) is 5.92 Å². The summed E-state index contributed by atoms with van der Waals surface area (Å²) in [5.74, 6) is 1.55. The van der Waals surface area contributed by atoms with Crippen LogP contribution in [0.4, 0.5) is 4.79 Å². The molecule has 0 aromatic rings. The lowest BCUT2D eigenvalue weighted by atomic mass is 9.94. The van der Waals surface area contributed by atoms with Crippen molar-refractivity contribution in [2.45, 2.75) is 76.5 Å². The highest BCUT2D eigenvalue weighted by Gasteiger charge is 2.37. The summed E-state index contributed by atoms with van der Waals surface area (Å²) in [4.78, 5) is 21.7. The van der Waals surface area contributed by atoms with Crippen molar-refractivity contribution >= 4 is 36.0 Å². The van der Waals surface area contributed by atoms with Gasteiger partial charge in [0.2, 0.25) is 0 Å². The highest BCUT2D eigenvalue weighted by atomic mass is 127. The minimum atomic E-state index is -0.465. The van der Waals surface area contributed by atoms with Gasteiger partial charge in [-0.15, -0.1) is 24.0 Å². The number of hydrogen-bond donors (Lipinski definition) is 1. The standard InChI is InChI=1S/C23H42N4O4.HI/c1-22(2,3)31-21(28)27(16-18-6-7-18)19-8-12-26(13-9-19)20(24-4)25-17-23(29-5)10-14-30-15-11-23;/h18-19H,6-17H2,1-5H3,(H,24,25);1H. The first-order chi connectivity index (χ1) is 14.8. The molecule has 8 nitrogen and oxygen atoms in total. The number of carbonyl (C=O) groups is 1. The molecule has 3 fully saturated rings. The zero-order valence-electron chi connectivity index (χ0n) is 20.5. The zero-order chi connectivity index (χ0) is 22.5. The van der Waals surface area contributed by atoms with E-state index in [0.29, 0.717) is 5.92 Å². The van der Waals surface area contributed by atoms with E-state index in [4.69, 9.17) is 14.2 Å². The predicted octanol–water partition coefficient (Wildman–Crippen LogP) is 3.49. The molecule has 0 radical (unpaired) electrons. The van der Waals surface area contributed by atoms with Gasteiger partial charge in [-0.2, -0.15) is 0 Å². The average molecular weight is 567 g/mol. The Balaban J connectivity index is 0.00000363. The lowest BCUT2D eigenvalue weighted by Gasteiger charge is -2.41. The van der Waals surface area contributed by atoms with Gasteiger partial charge in [0.05, 0.1) is 5.60 Å². The molecule has 2 heterocycles. The van der Waals surface area contributed by atoms with Crippen molar-refractivity contribution in [2.75, 3.05) is 53.6 Å². The fraction of sp³-hybridized carbons (Fsp3) is 0.913. The number of likely N-dealkylation sites (tertiary alicyclic amines) is 1. The summed E-state index contributed by atoms with van der Waals surface area (Å²) in [6.07, 6.45) is 5.92. The largest absolute Gasteiger partial charge is 0.444 e. The maximum absolute atomic E-state index is 12.9. The number of piperidine rings is 1. The van der Waals surface area contributed by atoms with Gasteiger partial charge in [-0.3, -0.25) is 4.99 Å². The van der Waals surface area contributed by atoms with E-state index in [-0.39, 0.29) is 41.7 Å². The number of methoxy groups -OCH3 is 1. The van der Waals surface area contributed by atoms with Crippen molar-refractivity contribution in [3.05, 3.63) is 0 Å². The molecule has 0 aromatic heterocycles. The second-order valence-corrected chi connectivity index (χ2v) is 10.2. The van der Waals surface area contributed by atoms with Crippen LogP contribution >= 0.6 is 24.0 Å². The molecule has 0 bridgehead atoms. The lowest BCUT2D eigenvalue weighted by molar-refractivity contribution is -0.0858. The van der Waals surface area contributed by atoms with Crippen LogP contribution in [-0.4, -0.2) is 92.6 Å². The van der Waals surface area contributed by atoms with Gasteiger partial charge in [-0.05, 0) is 52.4 Å². The maximum Gasteiger partial charge on any atom is 0.410 e. The van der Waals surface area contributed by atoms with E-state index >= 15 is 0 Å². The summed E-state index contributed by atoms with van der Waals surface area (Å²) in [5.41, 5.74) is -0.655. The molecule has 2 aliphatic heterocycles. The predicted molar refractivity (Wildman–Crippen MR) is 137 cm³/mol. The number of carbonyl (C=O) groups excluding carboxylic acids is 1. The van der Waals surface area contributed by atoms with Crippen LogP contribution in [-0.2, 0) is 14.2 Å². The number of ether oxygens (including phenoxy) is 3. The van der Waals surface area contributed by atoms with Crippen LogP contribution in [0.2, 0.25) is 0 Å². The van der Waals surface area contributed by atoms with Crippen LogP contribution < -0.4 is 5.32 Å². The number of hydrogen-bond acceptors (Lipinski definition) is 5. The van der Waals surface area contributed by atoms with E-state index in [9.17, 15) is 4.79 Å². The number of amides is 1. The van der Waals surface area contributed by atoms with Gasteiger partial charge in [-0.25, -0.2) is 4.79 Å². The molecule has 3 rings (SSSR count). The molecule has 9 heteroatoms.